The summed E-state index contributed by atoms with van der Waals surface area (Å²) in [5.74, 6) is 1.98. The molecule has 3 rings (SSSR count). The maximum atomic E-state index is 13.3. The van der Waals surface area contributed by atoms with Crippen LogP contribution < -0.4 is 5.32 Å². The lowest BCUT2D eigenvalue weighted by Gasteiger charge is -2.28. The van der Waals surface area contributed by atoms with E-state index in [0.29, 0.717) is 17.9 Å². The number of hydrogen-bond acceptors (Lipinski definition) is 4. The molecule has 2 fully saturated rings. The van der Waals surface area contributed by atoms with Crippen LogP contribution in [0.5, 0.6) is 0 Å². The first-order valence-corrected chi connectivity index (χ1v) is 11.9. The molecule has 2 saturated heterocycles. The van der Waals surface area contributed by atoms with Crippen LogP contribution in [0.2, 0.25) is 0 Å². The smallest absolute Gasteiger partial charge is 0.244 e. The quantitative estimate of drug-likeness (QED) is 0.850. The first-order valence-electron chi connectivity index (χ1n) is 9.28. The number of sulfonamides is 1. The Morgan fingerprint density at radius 2 is 1.73 bits per heavy atom. The third kappa shape index (κ3) is 3.94. The van der Waals surface area contributed by atoms with E-state index in [4.69, 9.17) is 0 Å². The van der Waals surface area contributed by atoms with Gasteiger partial charge in [0.05, 0.1) is 4.90 Å². The van der Waals surface area contributed by atoms with E-state index in [-0.39, 0.29) is 11.9 Å². The highest BCUT2D eigenvalue weighted by Gasteiger charge is 2.41. The maximum Gasteiger partial charge on any atom is 0.244 e. The van der Waals surface area contributed by atoms with E-state index in [1.807, 2.05) is 44.7 Å². The summed E-state index contributed by atoms with van der Waals surface area (Å²) in [6, 6.07) is 3.38. The van der Waals surface area contributed by atoms with E-state index in [1.165, 1.54) is 4.31 Å². The van der Waals surface area contributed by atoms with Crippen LogP contribution in [0.15, 0.2) is 17.0 Å². The minimum atomic E-state index is -3.68. The summed E-state index contributed by atoms with van der Waals surface area (Å²) < 4.78 is 28.1. The number of aryl methyl sites for hydroxylation is 3. The van der Waals surface area contributed by atoms with E-state index in [2.05, 4.69) is 5.32 Å². The first-order chi connectivity index (χ1) is 12.3. The molecule has 2 heterocycles. The van der Waals surface area contributed by atoms with Crippen molar-refractivity contribution in [2.45, 2.75) is 63.4 Å². The Bertz CT molecular complexity index is 763. The van der Waals surface area contributed by atoms with Gasteiger partial charge < -0.3 is 5.32 Å². The van der Waals surface area contributed by atoms with Crippen molar-refractivity contribution in [1.29, 1.82) is 0 Å². The summed E-state index contributed by atoms with van der Waals surface area (Å²) in [6.07, 6.45) is 3.25. The van der Waals surface area contributed by atoms with Crippen molar-refractivity contribution >= 4 is 27.7 Å². The highest BCUT2D eigenvalue weighted by atomic mass is 32.2. The number of nitrogens with zero attached hydrogens (tertiary/aromatic N) is 1. The van der Waals surface area contributed by atoms with Gasteiger partial charge in [-0.15, -0.1) is 0 Å². The Morgan fingerprint density at radius 1 is 1.12 bits per heavy atom. The molecule has 2 aliphatic rings. The molecule has 1 N–H and O–H groups in total. The topological polar surface area (TPSA) is 66.5 Å². The largest absolute Gasteiger partial charge is 0.352 e. The molecular formula is C19H28N2O3S2. The van der Waals surface area contributed by atoms with E-state index < -0.39 is 16.1 Å². The predicted molar refractivity (Wildman–Crippen MR) is 106 cm³/mol. The van der Waals surface area contributed by atoms with Gasteiger partial charge in [0.25, 0.3) is 0 Å². The molecule has 2 aliphatic heterocycles. The van der Waals surface area contributed by atoms with Gasteiger partial charge >= 0.3 is 0 Å². The van der Waals surface area contributed by atoms with Gasteiger partial charge in [-0.2, -0.15) is 16.1 Å². The van der Waals surface area contributed by atoms with Crippen molar-refractivity contribution in [3.05, 3.63) is 28.8 Å². The molecule has 1 amide bonds. The SMILES string of the molecule is Cc1cc(C)c(S(=O)(=O)N2CCCC2C(=O)NC2CCSCC2)c(C)c1. The number of carbonyl (C=O) groups is 1. The van der Waals surface area contributed by atoms with Crippen molar-refractivity contribution in [3.8, 4) is 0 Å². The molecule has 0 spiro atoms. The van der Waals surface area contributed by atoms with Crippen LogP contribution in [-0.4, -0.2) is 48.8 Å². The number of nitrogens with one attached hydrogen (secondary N) is 1. The molecule has 0 saturated carbocycles. The van der Waals surface area contributed by atoms with Crippen LogP contribution in [-0.2, 0) is 14.8 Å². The molecule has 1 unspecified atom stereocenters. The zero-order valence-corrected chi connectivity index (χ0v) is 17.4. The Labute approximate surface area is 161 Å². The molecule has 5 nitrogen and oxygen atoms in total. The van der Waals surface area contributed by atoms with E-state index >= 15 is 0 Å². The number of rotatable bonds is 4. The lowest BCUT2D eigenvalue weighted by molar-refractivity contribution is -0.125. The van der Waals surface area contributed by atoms with Crippen molar-refractivity contribution in [2.24, 2.45) is 0 Å². The lowest BCUT2D eigenvalue weighted by Crippen LogP contribution is -2.49. The second kappa shape index (κ2) is 7.90. The van der Waals surface area contributed by atoms with Crippen molar-refractivity contribution in [2.75, 3.05) is 18.1 Å². The Balaban J connectivity index is 1.83. The molecule has 1 atom stereocenters. The van der Waals surface area contributed by atoms with Crippen LogP contribution in [0.1, 0.15) is 42.4 Å². The zero-order chi connectivity index (χ0) is 18.9. The van der Waals surface area contributed by atoms with Gasteiger partial charge in [0.15, 0.2) is 0 Å². The van der Waals surface area contributed by atoms with Gasteiger partial charge in [0.1, 0.15) is 6.04 Å². The van der Waals surface area contributed by atoms with Gasteiger partial charge in [-0.1, -0.05) is 17.7 Å². The zero-order valence-electron chi connectivity index (χ0n) is 15.7. The molecule has 26 heavy (non-hydrogen) atoms. The van der Waals surface area contributed by atoms with Gasteiger partial charge in [0.2, 0.25) is 15.9 Å². The fourth-order valence-corrected chi connectivity index (χ4v) is 7.30. The van der Waals surface area contributed by atoms with Crippen molar-refractivity contribution < 1.29 is 13.2 Å². The minimum Gasteiger partial charge on any atom is -0.352 e. The highest BCUT2D eigenvalue weighted by molar-refractivity contribution is 7.99. The number of benzene rings is 1. The number of thioether (sulfide) groups is 1. The van der Waals surface area contributed by atoms with E-state index in [0.717, 1.165) is 47.5 Å². The van der Waals surface area contributed by atoms with Crippen LogP contribution in [0, 0.1) is 20.8 Å². The van der Waals surface area contributed by atoms with Crippen LogP contribution >= 0.6 is 11.8 Å². The molecule has 1 aromatic rings. The van der Waals surface area contributed by atoms with Gasteiger partial charge in [0, 0.05) is 12.6 Å². The summed E-state index contributed by atoms with van der Waals surface area (Å²) in [5, 5.41) is 3.09. The molecular weight excluding hydrogens is 368 g/mol. The van der Waals surface area contributed by atoms with Crippen molar-refractivity contribution in [1.82, 2.24) is 9.62 Å². The Morgan fingerprint density at radius 3 is 2.35 bits per heavy atom. The monoisotopic (exact) mass is 396 g/mol. The third-order valence-corrected chi connectivity index (χ3v) is 8.51. The van der Waals surface area contributed by atoms with Crippen LogP contribution in [0.4, 0.5) is 0 Å². The van der Waals surface area contributed by atoms with Gasteiger partial charge in [-0.05, 0) is 69.1 Å². The second-order valence-electron chi connectivity index (χ2n) is 7.40. The fourth-order valence-electron chi connectivity index (χ4n) is 4.12. The summed E-state index contributed by atoms with van der Waals surface area (Å²) in [7, 11) is -3.68. The lowest BCUT2D eigenvalue weighted by atomic mass is 10.1. The summed E-state index contributed by atoms with van der Waals surface area (Å²) >= 11 is 1.91. The third-order valence-electron chi connectivity index (χ3n) is 5.25. The summed E-state index contributed by atoms with van der Waals surface area (Å²) in [6.45, 7) is 6.04. The Hall–Kier alpha value is -1.05. The number of hydrogen-bond donors (Lipinski definition) is 1. The number of carbonyl (C=O) groups excluding carboxylic acids is 1. The molecule has 7 heteroatoms. The molecule has 0 radical (unpaired) electrons. The van der Waals surface area contributed by atoms with E-state index in [1.54, 1.807) is 0 Å². The molecule has 0 aliphatic carbocycles. The predicted octanol–water partition coefficient (Wildman–Crippen LogP) is 2.78. The van der Waals surface area contributed by atoms with Gasteiger partial charge in [-0.3, -0.25) is 4.79 Å². The number of amides is 1. The van der Waals surface area contributed by atoms with Crippen molar-refractivity contribution in [3.63, 3.8) is 0 Å². The summed E-state index contributed by atoms with van der Waals surface area (Å²) in [5.41, 5.74) is 2.54. The van der Waals surface area contributed by atoms with Gasteiger partial charge in [-0.25, -0.2) is 8.42 Å². The van der Waals surface area contributed by atoms with Crippen LogP contribution in [0.3, 0.4) is 0 Å². The molecule has 1 aromatic carbocycles. The van der Waals surface area contributed by atoms with Crippen LogP contribution in [0.25, 0.3) is 0 Å². The minimum absolute atomic E-state index is 0.134. The first kappa shape index (κ1) is 19.7. The highest BCUT2D eigenvalue weighted by Crippen LogP contribution is 2.31. The normalized spacial score (nSPS) is 22.5. The molecule has 0 bridgehead atoms. The standard InChI is InChI=1S/C19H28N2O3S2/c1-13-11-14(2)18(15(3)12-13)26(23,24)21-8-4-5-17(21)19(22)20-16-6-9-25-10-7-16/h11-12,16-17H,4-10H2,1-3H3,(H,20,22). The average Bonchev–Trinajstić information content (AvgIpc) is 3.05. The second-order valence-corrected chi connectivity index (χ2v) is 10.4. The van der Waals surface area contributed by atoms with E-state index in [9.17, 15) is 13.2 Å². The average molecular weight is 397 g/mol. The summed E-state index contributed by atoms with van der Waals surface area (Å²) in [4.78, 5) is 13.2. The maximum absolute atomic E-state index is 13.3. The molecule has 144 valence electrons. The Kier molecular flexibility index (Phi) is 5.99. The fraction of sp³-hybridized carbons (Fsp3) is 0.632. The molecule has 0 aromatic heterocycles.